The molecular formula is C50H57N3O12. The van der Waals surface area contributed by atoms with Crippen LogP contribution in [0.4, 0.5) is 17.1 Å². The van der Waals surface area contributed by atoms with E-state index < -0.39 is 88.8 Å². The number of phenols is 3. The van der Waals surface area contributed by atoms with Gasteiger partial charge in [-0.2, -0.15) is 5.10 Å². The molecule has 0 saturated heterocycles. The molecule has 0 saturated carbocycles. The van der Waals surface area contributed by atoms with Crippen LogP contribution in [-0.4, -0.2) is 86.7 Å². The first kappa shape index (κ1) is 47.8. The summed E-state index contributed by atoms with van der Waals surface area (Å²) in [7, 11) is 1.43. The third-order valence-electron chi connectivity index (χ3n) is 12.3. The van der Waals surface area contributed by atoms with Crippen LogP contribution in [0.25, 0.3) is 10.8 Å². The van der Waals surface area contributed by atoms with E-state index in [1.165, 1.54) is 59.4 Å². The Labute approximate surface area is 377 Å². The van der Waals surface area contributed by atoms with Crippen molar-refractivity contribution in [3.63, 3.8) is 0 Å². The topological polar surface area (TPSA) is 217 Å². The van der Waals surface area contributed by atoms with E-state index >= 15 is 0 Å². The molecule has 4 aromatic carbocycles. The molecule has 0 radical (unpaired) electrons. The highest BCUT2D eigenvalue weighted by Crippen LogP contribution is 2.55. The van der Waals surface area contributed by atoms with Crippen molar-refractivity contribution in [1.29, 1.82) is 0 Å². The number of Topliss-reactive ketones (excluding diaryl/α,β-unsaturated/α-hetero) is 1. The first-order valence-corrected chi connectivity index (χ1v) is 21.3. The number of para-hydroxylation sites is 2. The molecule has 3 aliphatic heterocycles. The number of aliphatic hydroxyl groups is 2. The number of nitrogens with one attached hydrogen (secondary N) is 1. The van der Waals surface area contributed by atoms with E-state index in [1.807, 2.05) is 60.7 Å². The lowest BCUT2D eigenvalue weighted by Gasteiger charge is -2.38. The number of aliphatic hydroxyl groups excluding tert-OH is 2. The van der Waals surface area contributed by atoms with E-state index in [-0.39, 0.29) is 44.5 Å². The van der Waals surface area contributed by atoms with Crippen LogP contribution in [0.3, 0.4) is 0 Å². The van der Waals surface area contributed by atoms with Crippen LogP contribution in [0, 0.1) is 30.6 Å². The summed E-state index contributed by atoms with van der Waals surface area (Å²) in [6.45, 7) is 12.5. The summed E-state index contributed by atoms with van der Waals surface area (Å²) in [5.74, 6) is -8.72. The van der Waals surface area contributed by atoms with E-state index in [1.54, 1.807) is 44.9 Å². The summed E-state index contributed by atoms with van der Waals surface area (Å²) in [5, 5.41) is 67.6. The van der Waals surface area contributed by atoms with E-state index in [4.69, 9.17) is 24.0 Å². The predicted octanol–water partition coefficient (Wildman–Crippen LogP) is 7.93. The van der Waals surface area contributed by atoms with Crippen molar-refractivity contribution in [2.75, 3.05) is 17.4 Å². The predicted molar refractivity (Wildman–Crippen MR) is 246 cm³/mol. The number of hydrogen-bond donors (Lipinski definition) is 6. The second-order valence-corrected chi connectivity index (χ2v) is 16.8. The van der Waals surface area contributed by atoms with Crippen LogP contribution in [0.5, 0.6) is 23.0 Å². The van der Waals surface area contributed by atoms with Gasteiger partial charge in [0.15, 0.2) is 5.75 Å². The second-order valence-electron chi connectivity index (χ2n) is 16.8. The van der Waals surface area contributed by atoms with Gasteiger partial charge >= 0.3 is 11.8 Å². The van der Waals surface area contributed by atoms with E-state index in [0.29, 0.717) is 11.4 Å². The third-order valence-corrected chi connectivity index (χ3v) is 12.3. The molecule has 9 atom stereocenters. The first-order chi connectivity index (χ1) is 30.8. The Bertz CT molecular complexity index is 2520. The average molecular weight is 892 g/mol. The SMILES string of the molecule is CO[C@@H]1C=CO[C@@]2(C)Oc3c(C)c(O)c4c(O)c(c(C=NN(c5ccccc5)c5ccccc5)c(O)c4c3C2=O)NC(=O)C(C)=CC=C[C@H](C)[C@H](O)[C@H](C)[C@H](O)[C@H](C)[C@@H](OC(C)=O)[C@@H]1C. The van der Waals surface area contributed by atoms with Gasteiger partial charge in [0.25, 0.3) is 11.7 Å². The molecule has 5 bridgehead atoms. The maximum absolute atomic E-state index is 14.6. The molecule has 3 heterocycles. The van der Waals surface area contributed by atoms with Crippen LogP contribution in [0.15, 0.2) is 102 Å². The number of ether oxygens (including phenoxy) is 4. The van der Waals surface area contributed by atoms with Crippen LogP contribution < -0.4 is 15.1 Å². The highest BCUT2D eigenvalue weighted by atomic mass is 16.7. The molecule has 0 unspecified atom stereocenters. The van der Waals surface area contributed by atoms with E-state index in [2.05, 4.69) is 5.32 Å². The minimum atomic E-state index is -2.09. The van der Waals surface area contributed by atoms with Crippen LogP contribution in [-0.2, 0) is 23.8 Å². The van der Waals surface area contributed by atoms with E-state index in [9.17, 15) is 39.9 Å². The molecule has 15 nitrogen and oxygen atoms in total. The molecule has 0 fully saturated rings. The minimum Gasteiger partial charge on any atom is -0.507 e. The number of carbonyl (C=O) groups is 3. The highest BCUT2D eigenvalue weighted by molar-refractivity contribution is 6.24. The fourth-order valence-corrected chi connectivity index (χ4v) is 8.41. The van der Waals surface area contributed by atoms with Crippen molar-refractivity contribution in [3.05, 3.63) is 113 Å². The third kappa shape index (κ3) is 9.44. The molecule has 1 amide bonds. The molecule has 4 aromatic rings. The molecule has 3 aliphatic rings. The van der Waals surface area contributed by atoms with Crippen molar-refractivity contribution < 1.29 is 58.9 Å². The van der Waals surface area contributed by atoms with Gasteiger partial charge in [0.2, 0.25) is 0 Å². The second kappa shape index (κ2) is 19.6. The number of ketones is 1. The number of nitrogens with zero attached hydrogens (tertiary/aromatic N) is 2. The summed E-state index contributed by atoms with van der Waals surface area (Å²) in [5.41, 5.74) is 0.665. The summed E-state index contributed by atoms with van der Waals surface area (Å²) in [4.78, 5) is 41.0. The average Bonchev–Trinajstić information content (AvgIpc) is 3.56. The van der Waals surface area contributed by atoms with Crippen molar-refractivity contribution in [2.45, 2.75) is 85.6 Å². The molecular weight excluding hydrogens is 835 g/mol. The molecule has 7 rings (SSSR count). The Morgan fingerprint density at radius 2 is 1.46 bits per heavy atom. The van der Waals surface area contributed by atoms with Gasteiger partial charge in [0.05, 0.1) is 64.4 Å². The number of aromatic hydroxyl groups is 3. The number of anilines is 3. The van der Waals surface area contributed by atoms with Gasteiger partial charge in [-0.3, -0.25) is 14.4 Å². The first-order valence-electron chi connectivity index (χ1n) is 21.3. The summed E-state index contributed by atoms with van der Waals surface area (Å²) >= 11 is 0. The molecule has 0 aromatic heterocycles. The lowest BCUT2D eigenvalue weighted by atomic mass is 9.78. The number of allylic oxidation sites excluding steroid dienone is 2. The maximum atomic E-state index is 14.6. The lowest BCUT2D eigenvalue weighted by Crippen LogP contribution is -2.46. The zero-order chi connectivity index (χ0) is 47.5. The van der Waals surface area contributed by atoms with Crippen LogP contribution >= 0.6 is 0 Å². The number of phenolic OH excluding ortho intramolecular Hbond substituents is 3. The number of carbonyl (C=O) groups excluding carboxylic acids is 3. The number of methoxy groups -OCH3 is 1. The summed E-state index contributed by atoms with van der Waals surface area (Å²) < 4.78 is 23.7. The van der Waals surface area contributed by atoms with E-state index in [0.717, 1.165) is 0 Å². The van der Waals surface area contributed by atoms with Gasteiger partial charge in [0, 0.05) is 61.2 Å². The van der Waals surface area contributed by atoms with Gasteiger partial charge in [0.1, 0.15) is 23.4 Å². The van der Waals surface area contributed by atoms with Crippen molar-refractivity contribution in [1.82, 2.24) is 0 Å². The van der Waals surface area contributed by atoms with Crippen LogP contribution in [0.2, 0.25) is 0 Å². The smallest absolute Gasteiger partial charge is 0.312 e. The van der Waals surface area contributed by atoms with Gasteiger partial charge in [-0.15, -0.1) is 0 Å². The Morgan fingerprint density at radius 3 is 2.05 bits per heavy atom. The number of amides is 1. The Hall–Kier alpha value is -6.68. The normalized spacial score (nSPS) is 26.5. The molecule has 15 heteroatoms. The number of fused-ring (bicyclic) bond motifs is 14. The quantitative estimate of drug-likeness (QED) is 0.0357. The van der Waals surface area contributed by atoms with Gasteiger partial charge < -0.3 is 49.8 Å². The zero-order valence-electron chi connectivity index (χ0n) is 37.8. The lowest BCUT2D eigenvalue weighted by molar-refractivity contribution is -0.160. The standard InChI is InChI=1S/C50H57N3O12/c1-26-17-16-18-27(2)49(61)52-40-35(25-51-53(33-19-12-10-13-20-33)34-21-14-11-15-22-34)44(58)37-38(45(40)59)43(57)31(6)47-39(37)48(60)50(8,65-47)63-24-23-36(62-9)28(3)46(64-32(7)54)30(5)42(56)29(4)41(26)55/h10-26,28-30,36,41-42,46,55-59H,1-9H3,(H,52,61)/t26-,28+,29-,30-,36+,41-,42-,46-,50-/m0/s1. The molecule has 0 aliphatic carbocycles. The Kier molecular flexibility index (Phi) is 14.4. The maximum Gasteiger partial charge on any atom is 0.312 e. The number of hydrogen-bond acceptors (Lipinski definition) is 14. The molecule has 344 valence electrons. The fourth-order valence-electron chi connectivity index (χ4n) is 8.41. The molecule has 65 heavy (non-hydrogen) atoms. The van der Waals surface area contributed by atoms with Crippen molar-refractivity contribution >= 4 is 51.7 Å². The Morgan fingerprint density at radius 1 is 0.846 bits per heavy atom. The molecule has 6 N–H and O–H groups in total. The van der Waals surface area contributed by atoms with Crippen molar-refractivity contribution in [3.8, 4) is 23.0 Å². The zero-order valence-corrected chi connectivity index (χ0v) is 37.8. The van der Waals surface area contributed by atoms with Crippen molar-refractivity contribution in [2.24, 2.45) is 28.8 Å². The Balaban J connectivity index is 1.57. The highest BCUT2D eigenvalue weighted by Gasteiger charge is 2.50. The number of hydrazone groups is 1. The minimum absolute atomic E-state index is 0.0299. The van der Waals surface area contributed by atoms with Gasteiger partial charge in [-0.05, 0) is 44.2 Å². The summed E-state index contributed by atoms with van der Waals surface area (Å²) in [6.07, 6.45) is 4.68. The summed E-state index contributed by atoms with van der Waals surface area (Å²) in [6, 6.07) is 18.2. The van der Waals surface area contributed by atoms with Gasteiger partial charge in [-0.1, -0.05) is 82.3 Å². The van der Waals surface area contributed by atoms with Gasteiger partial charge in [-0.25, -0.2) is 5.01 Å². The number of rotatable bonds is 6. The monoisotopic (exact) mass is 891 g/mol. The van der Waals surface area contributed by atoms with Crippen LogP contribution in [0.1, 0.15) is 70.0 Å². The molecule has 0 spiro atoms. The largest absolute Gasteiger partial charge is 0.507 e. The number of benzene rings is 4. The number of esters is 1. The fraction of sp³-hybridized carbons (Fsp3) is 0.360.